The first-order chi connectivity index (χ1) is 7.15. The molecule has 0 unspecified atom stereocenters. The molecule has 0 spiro atoms. The Morgan fingerprint density at radius 1 is 1.53 bits per heavy atom. The van der Waals surface area contributed by atoms with Crippen LogP contribution < -0.4 is 0 Å². The second-order valence-corrected chi connectivity index (χ2v) is 4.61. The maximum absolute atomic E-state index is 10.6. The third-order valence-corrected chi connectivity index (χ3v) is 3.43. The van der Waals surface area contributed by atoms with Crippen LogP contribution in [0.15, 0.2) is 23.1 Å². The molecular formula is C10H12ClNO2S. The number of halogens is 1. The molecule has 1 aromatic rings. The van der Waals surface area contributed by atoms with Crippen LogP contribution in [0.4, 0.5) is 5.69 Å². The highest BCUT2D eigenvalue weighted by Gasteiger charge is 2.08. The van der Waals surface area contributed by atoms with Crippen molar-refractivity contribution in [3.05, 3.63) is 33.9 Å². The van der Waals surface area contributed by atoms with Crippen molar-refractivity contribution < 1.29 is 4.92 Å². The van der Waals surface area contributed by atoms with Crippen molar-refractivity contribution in [2.45, 2.75) is 18.2 Å². The lowest BCUT2D eigenvalue weighted by Gasteiger charge is -2.04. The first-order valence-corrected chi connectivity index (χ1v) is 6.11. The third-order valence-electron chi connectivity index (χ3n) is 1.92. The van der Waals surface area contributed by atoms with Crippen molar-refractivity contribution in [2.75, 3.05) is 11.6 Å². The Hall–Kier alpha value is -0.740. The van der Waals surface area contributed by atoms with Crippen molar-refractivity contribution in [2.24, 2.45) is 0 Å². The van der Waals surface area contributed by atoms with Crippen LogP contribution in [0.1, 0.15) is 12.0 Å². The van der Waals surface area contributed by atoms with E-state index in [0.717, 1.165) is 22.6 Å². The van der Waals surface area contributed by atoms with Crippen LogP contribution in [0, 0.1) is 17.0 Å². The summed E-state index contributed by atoms with van der Waals surface area (Å²) in [5.41, 5.74) is 1.22. The molecule has 0 saturated carbocycles. The molecule has 0 atom stereocenters. The number of nitrogens with zero attached hydrogens (tertiary/aromatic N) is 1. The summed E-state index contributed by atoms with van der Waals surface area (Å²) in [4.78, 5) is 11.2. The van der Waals surface area contributed by atoms with E-state index in [1.807, 2.05) is 6.92 Å². The number of hydrogen-bond acceptors (Lipinski definition) is 3. The van der Waals surface area contributed by atoms with Crippen LogP contribution in [-0.2, 0) is 0 Å². The van der Waals surface area contributed by atoms with Crippen LogP contribution in [0.25, 0.3) is 0 Å². The zero-order chi connectivity index (χ0) is 11.3. The molecule has 0 aromatic heterocycles. The normalized spacial score (nSPS) is 10.3. The van der Waals surface area contributed by atoms with Crippen LogP contribution in [0.5, 0.6) is 0 Å². The van der Waals surface area contributed by atoms with Crippen molar-refractivity contribution in [3.8, 4) is 0 Å². The van der Waals surface area contributed by atoms with Crippen molar-refractivity contribution >= 4 is 29.1 Å². The van der Waals surface area contributed by atoms with Gasteiger partial charge in [0.2, 0.25) is 0 Å². The predicted octanol–water partition coefficient (Wildman–Crippen LogP) is 3.62. The fraction of sp³-hybridized carbons (Fsp3) is 0.400. The molecule has 82 valence electrons. The molecule has 5 heteroatoms. The van der Waals surface area contributed by atoms with E-state index in [-0.39, 0.29) is 10.6 Å². The van der Waals surface area contributed by atoms with Gasteiger partial charge in [-0.3, -0.25) is 10.1 Å². The maximum Gasteiger partial charge on any atom is 0.270 e. The fourth-order valence-electron chi connectivity index (χ4n) is 1.09. The number of aryl methyl sites for hydroxylation is 1. The molecule has 0 N–H and O–H groups in total. The van der Waals surface area contributed by atoms with Crippen LogP contribution in [-0.4, -0.2) is 16.6 Å². The number of nitro benzene ring substituents is 1. The van der Waals surface area contributed by atoms with E-state index < -0.39 is 0 Å². The minimum absolute atomic E-state index is 0.147. The molecule has 0 fully saturated rings. The van der Waals surface area contributed by atoms with Crippen LogP contribution in [0.2, 0.25) is 0 Å². The first-order valence-electron chi connectivity index (χ1n) is 4.59. The van der Waals surface area contributed by atoms with Gasteiger partial charge in [0.1, 0.15) is 0 Å². The van der Waals surface area contributed by atoms with E-state index in [0.29, 0.717) is 5.88 Å². The average Bonchev–Trinajstić information content (AvgIpc) is 2.20. The zero-order valence-electron chi connectivity index (χ0n) is 8.40. The Morgan fingerprint density at radius 2 is 2.27 bits per heavy atom. The van der Waals surface area contributed by atoms with Gasteiger partial charge in [-0.2, -0.15) is 0 Å². The number of rotatable bonds is 5. The Morgan fingerprint density at radius 3 is 2.87 bits per heavy atom. The van der Waals surface area contributed by atoms with E-state index in [2.05, 4.69) is 0 Å². The van der Waals surface area contributed by atoms with Crippen molar-refractivity contribution in [1.82, 2.24) is 0 Å². The van der Waals surface area contributed by atoms with Crippen LogP contribution >= 0.6 is 23.4 Å². The molecule has 0 heterocycles. The van der Waals surface area contributed by atoms with Gasteiger partial charge in [0.05, 0.1) is 4.92 Å². The lowest BCUT2D eigenvalue weighted by molar-refractivity contribution is -0.385. The summed E-state index contributed by atoms with van der Waals surface area (Å²) < 4.78 is 0. The second kappa shape index (κ2) is 5.98. The summed E-state index contributed by atoms with van der Waals surface area (Å²) in [6, 6.07) is 4.93. The second-order valence-electron chi connectivity index (χ2n) is 3.10. The molecule has 0 bridgehead atoms. The van der Waals surface area contributed by atoms with Gasteiger partial charge in [0.25, 0.3) is 5.69 Å². The molecule has 15 heavy (non-hydrogen) atoms. The van der Waals surface area contributed by atoms with Gasteiger partial charge in [-0.05, 0) is 24.7 Å². The average molecular weight is 246 g/mol. The Balaban J connectivity index is 2.76. The Labute approximate surface area is 98.0 Å². The number of nitro groups is 1. The quantitative estimate of drug-likeness (QED) is 0.262. The lowest BCUT2D eigenvalue weighted by atomic mass is 10.2. The summed E-state index contributed by atoms with van der Waals surface area (Å²) in [6.07, 6.45) is 0.911. The largest absolute Gasteiger partial charge is 0.270 e. The van der Waals surface area contributed by atoms with E-state index in [1.54, 1.807) is 23.9 Å². The van der Waals surface area contributed by atoms with E-state index >= 15 is 0 Å². The monoisotopic (exact) mass is 245 g/mol. The number of non-ortho nitro benzene ring substituents is 1. The zero-order valence-corrected chi connectivity index (χ0v) is 9.98. The molecule has 0 aliphatic carbocycles. The third kappa shape index (κ3) is 3.72. The highest BCUT2D eigenvalue weighted by Crippen LogP contribution is 2.27. The lowest BCUT2D eigenvalue weighted by Crippen LogP contribution is -1.90. The van der Waals surface area contributed by atoms with Gasteiger partial charge in [-0.1, -0.05) is 6.07 Å². The predicted molar refractivity (Wildman–Crippen MR) is 63.9 cm³/mol. The highest BCUT2D eigenvalue weighted by molar-refractivity contribution is 7.99. The van der Waals surface area contributed by atoms with Gasteiger partial charge in [0.15, 0.2) is 0 Å². The Kier molecular flexibility index (Phi) is 4.91. The van der Waals surface area contributed by atoms with Crippen LogP contribution in [0.3, 0.4) is 0 Å². The summed E-state index contributed by atoms with van der Waals surface area (Å²) in [5, 5.41) is 10.6. The SMILES string of the molecule is Cc1ccc([N+](=O)[O-])cc1SCCCCl. The summed E-state index contributed by atoms with van der Waals surface area (Å²) in [6.45, 7) is 1.95. The van der Waals surface area contributed by atoms with Gasteiger partial charge >= 0.3 is 0 Å². The molecule has 0 amide bonds. The van der Waals surface area contributed by atoms with Gasteiger partial charge < -0.3 is 0 Å². The molecule has 3 nitrogen and oxygen atoms in total. The molecule has 0 radical (unpaired) electrons. The smallest absolute Gasteiger partial charge is 0.258 e. The minimum Gasteiger partial charge on any atom is -0.258 e. The molecule has 1 aromatic carbocycles. The topological polar surface area (TPSA) is 43.1 Å². The van der Waals surface area contributed by atoms with Gasteiger partial charge in [-0.15, -0.1) is 23.4 Å². The minimum atomic E-state index is -0.370. The molecule has 0 aliphatic heterocycles. The summed E-state index contributed by atoms with van der Waals surface area (Å²) >= 11 is 7.18. The van der Waals surface area contributed by atoms with Crippen molar-refractivity contribution in [1.29, 1.82) is 0 Å². The van der Waals surface area contributed by atoms with E-state index in [4.69, 9.17) is 11.6 Å². The number of alkyl halides is 1. The molecule has 0 aliphatic rings. The number of benzene rings is 1. The van der Waals surface area contributed by atoms with Gasteiger partial charge in [-0.25, -0.2) is 0 Å². The molecule has 0 saturated heterocycles. The van der Waals surface area contributed by atoms with Crippen molar-refractivity contribution in [3.63, 3.8) is 0 Å². The fourth-order valence-corrected chi connectivity index (χ4v) is 2.39. The van der Waals surface area contributed by atoms with E-state index in [1.165, 1.54) is 6.07 Å². The summed E-state index contributed by atoms with van der Waals surface area (Å²) in [5.74, 6) is 1.52. The van der Waals surface area contributed by atoms with Gasteiger partial charge in [0, 0.05) is 22.9 Å². The Bertz CT molecular complexity index is 357. The highest BCUT2D eigenvalue weighted by atomic mass is 35.5. The number of thioether (sulfide) groups is 1. The summed E-state index contributed by atoms with van der Waals surface area (Å²) in [7, 11) is 0. The molecule has 1 rings (SSSR count). The standard InChI is InChI=1S/C10H12ClNO2S/c1-8-3-4-9(12(13)14)7-10(8)15-6-2-5-11/h3-4,7H,2,5-6H2,1H3. The first kappa shape index (κ1) is 12.3. The maximum atomic E-state index is 10.6. The number of hydrogen-bond donors (Lipinski definition) is 0. The molecular weight excluding hydrogens is 234 g/mol. The van der Waals surface area contributed by atoms with E-state index in [9.17, 15) is 10.1 Å².